The first kappa shape index (κ1) is 21.7. The highest BCUT2D eigenvalue weighted by Crippen LogP contribution is 2.18. The molecule has 22 heavy (non-hydrogen) atoms. The first-order valence-electron chi connectivity index (χ1n) is 10.5. The van der Waals surface area contributed by atoms with Crippen molar-refractivity contribution in [3.63, 3.8) is 0 Å². The molecule has 0 N–H and O–H groups in total. The molecule has 0 saturated carbocycles. The van der Waals surface area contributed by atoms with Crippen LogP contribution in [0.5, 0.6) is 0 Å². The van der Waals surface area contributed by atoms with Crippen molar-refractivity contribution in [2.24, 2.45) is 5.92 Å². The van der Waals surface area contributed by atoms with Gasteiger partial charge in [-0.3, -0.25) is 0 Å². The number of hydrogen-bond acceptors (Lipinski definition) is 0. The van der Waals surface area contributed by atoms with Gasteiger partial charge in [-0.1, -0.05) is 116 Å². The highest BCUT2D eigenvalue weighted by molar-refractivity contribution is 4.81. The number of rotatable bonds is 17. The molecule has 0 aliphatic rings. The summed E-state index contributed by atoms with van der Waals surface area (Å²) >= 11 is 0. The average Bonchev–Trinajstić information content (AvgIpc) is 2.52. The fourth-order valence-corrected chi connectivity index (χ4v) is 3.08. The van der Waals surface area contributed by atoms with Gasteiger partial charge < -0.3 is 0 Å². The molecule has 0 aromatic heterocycles. The predicted octanol–water partition coefficient (Wildman–Crippen LogP) is 8.46. The minimum Gasteiger partial charge on any atom is -0.0885 e. The molecule has 0 heteroatoms. The third-order valence-corrected chi connectivity index (χ3v) is 4.76. The third kappa shape index (κ3) is 17.8. The fraction of sp³-hybridized carbons (Fsp3) is 0.909. The van der Waals surface area contributed by atoms with Gasteiger partial charge in [0.15, 0.2) is 0 Å². The summed E-state index contributed by atoms with van der Waals surface area (Å²) in [7, 11) is 0. The Labute approximate surface area is 142 Å². The average molecular weight is 309 g/mol. The summed E-state index contributed by atoms with van der Waals surface area (Å²) < 4.78 is 0. The third-order valence-electron chi connectivity index (χ3n) is 4.76. The van der Waals surface area contributed by atoms with Gasteiger partial charge in [-0.25, -0.2) is 0 Å². The van der Waals surface area contributed by atoms with E-state index >= 15 is 0 Å². The van der Waals surface area contributed by atoms with E-state index in [0.717, 1.165) is 5.92 Å². The molecule has 0 aliphatic carbocycles. The van der Waals surface area contributed by atoms with E-state index in [0.29, 0.717) is 0 Å². The zero-order valence-corrected chi connectivity index (χ0v) is 16.0. The molecule has 0 aromatic carbocycles. The molecule has 132 valence electrons. The van der Waals surface area contributed by atoms with Crippen LogP contribution in [0.2, 0.25) is 0 Å². The zero-order valence-electron chi connectivity index (χ0n) is 16.0. The van der Waals surface area contributed by atoms with Gasteiger partial charge in [0.1, 0.15) is 0 Å². The molecule has 0 amide bonds. The van der Waals surface area contributed by atoms with Gasteiger partial charge in [0.25, 0.3) is 0 Å². The van der Waals surface area contributed by atoms with E-state index < -0.39 is 0 Å². The minimum absolute atomic E-state index is 0.958. The molecule has 0 rings (SSSR count). The summed E-state index contributed by atoms with van der Waals surface area (Å²) in [5, 5.41) is 0. The van der Waals surface area contributed by atoms with Crippen LogP contribution in [0.15, 0.2) is 12.2 Å². The van der Waals surface area contributed by atoms with Gasteiger partial charge in [0.2, 0.25) is 0 Å². The topological polar surface area (TPSA) is 0 Å². The number of unbranched alkanes of at least 4 members (excludes halogenated alkanes) is 11. The monoisotopic (exact) mass is 308 g/mol. The van der Waals surface area contributed by atoms with E-state index in [1.165, 1.54) is 103 Å². The van der Waals surface area contributed by atoms with Crippen molar-refractivity contribution in [2.45, 2.75) is 124 Å². The summed E-state index contributed by atoms with van der Waals surface area (Å²) in [5.74, 6) is 0.958. The molecule has 0 spiro atoms. The first-order valence-corrected chi connectivity index (χ1v) is 10.5. The Morgan fingerprint density at radius 1 is 0.545 bits per heavy atom. The van der Waals surface area contributed by atoms with Crippen LogP contribution in [0.4, 0.5) is 0 Å². The maximum Gasteiger partial charge on any atom is -0.0351 e. The van der Waals surface area contributed by atoms with Crippen LogP contribution >= 0.6 is 0 Å². The Bertz CT molecular complexity index is 216. The summed E-state index contributed by atoms with van der Waals surface area (Å²) in [6, 6.07) is 0. The second kappa shape index (κ2) is 18.8. The van der Waals surface area contributed by atoms with E-state index in [1.54, 1.807) is 0 Å². The highest BCUT2D eigenvalue weighted by atomic mass is 14.1. The lowest BCUT2D eigenvalue weighted by molar-refractivity contribution is 0.433. The van der Waals surface area contributed by atoms with Crippen LogP contribution in [0.25, 0.3) is 0 Å². The second-order valence-electron chi connectivity index (χ2n) is 7.27. The van der Waals surface area contributed by atoms with Crippen molar-refractivity contribution >= 4 is 0 Å². The predicted molar refractivity (Wildman–Crippen MR) is 104 cm³/mol. The fourth-order valence-electron chi connectivity index (χ4n) is 3.08. The summed E-state index contributed by atoms with van der Waals surface area (Å²) in [4.78, 5) is 0. The molecular formula is C22H44. The van der Waals surface area contributed by atoms with Crippen LogP contribution in [0, 0.1) is 5.92 Å². The van der Waals surface area contributed by atoms with Crippen LogP contribution in [0.1, 0.15) is 124 Å². The van der Waals surface area contributed by atoms with Crippen LogP contribution in [-0.4, -0.2) is 0 Å². The maximum atomic E-state index is 2.46. The summed E-state index contributed by atoms with van der Waals surface area (Å²) in [5.41, 5.74) is 0. The highest BCUT2D eigenvalue weighted by Gasteiger charge is 2.01. The van der Waals surface area contributed by atoms with Gasteiger partial charge in [0.05, 0.1) is 0 Å². The van der Waals surface area contributed by atoms with Crippen molar-refractivity contribution in [1.29, 1.82) is 0 Å². The second-order valence-corrected chi connectivity index (χ2v) is 7.27. The Morgan fingerprint density at radius 3 is 1.59 bits per heavy atom. The first-order chi connectivity index (χ1) is 10.8. The Balaban J connectivity index is 3.18. The number of hydrogen-bond donors (Lipinski definition) is 0. The van der Waals surface area contributed by atoms with Crippen molar-refractivity contribution < 1.29 is 0 Å². The molecule has 0 fully saturated rings. The summed E-state index contributed by atoms with van der Waals surface area (Å²) in [6.45, 7) is 7.02. The van der Waals surface area contributed by atoms with Crippen molar-refractivity contribution in [2.75, 3.05) is 0 Å². The molecule has 0 saturated heterocycles. The summed E-state index contributed by atoms with van der Waals surface area (Å²) in [6.07, 6.45) is 27.4. The van der Waals surface area contributed by atoms with Crippen molar-refractivity contribution in [3.8, 4) is 0 Å². The molecule has 1 atom stereocenters. The molecule has 0 nitrogen and oxygen atoms in total. The van der Waals surface area contributed by atoms with Gasteiger partial charge in [-0.2, -0.15) is 0 Å². The molecule has 0 radical (unpaired) electrons. The lowest BCUT2D eigenvalue weighted by Crippen LogP contribution is -1.95. The van der Waals surface area contributed by atoms with E-state index in [1.807, 2.05) is 0 Å². The van der Waals surface area contributed by atoms with E-state index in [2.05, 4.69) is 32.9 Å². The Hall–Kier alpha value is -0.260. The molecule has 0 aliphatic heterocycles. The lowest BCUT2D eigenvalue weighted by Gasteiger charge is -2.10. The van der Waals surface area contributed by atoms with E-state index in [-0.39, 0.29) is 0 Å². The van der Waals surface area contributed by atoms with Gasteiger partial charge in [-0.05, 0) is 25.2 Å². The quantitative estimate of drug-likeness (QED) is 0.187. The van der Waals surface area contributed by atoms with Crippen LogP contribution in [-0.2, 0) is 0 Å². The largest absolute Gasteiger partial charge is 0.0885 e. The Kier molecular flexibility index (Phi) is 18.6. The molecule has 0 aromatic rings. The standard InChI is InChI=1S/C22H44/c1-4-6-8-10-12-13-14-15-17-19-21-22(3)20-18-16-11-9-7-5-2/h10,12,22H,4-9,11,13-21H2,1-3H3. The van der Waals surface area contributed by atoms with Crippen LogP contribution < -0.4 is 0 Å². The van der Waals surface area contributed by atoms with Gasteiger partial charge in [-0.15, -0.1) is 0 Å². The molecular weight excluding hydrogens is 264 g/mol. The molecule has 0 bridgehead atoms. The molecule has 1 unspecified atom stereocenters. The zero-order chi connectivity index (χ0) is 16.3. The van der Waals surface area contributed by atoms with Gasteiger partial charge >= 0.3 is 0 Å². The minimum atomic E-state index is 0.958. The van der Waals surface area contributed by atoms with Crippen LogP contribution in [0.3, 0.4) is 0 Å². The van der Waals surface area contributed by atoms with E-state index in [4.69, 9.17) is 0 Å². The van der Waals surface area contributed by atoms with E-state index in [9.17, 15) is 0 Å². The lowest BCUT2D eigenvalue weighted by atomic mass is 9.96. The molecule has 0 heterocycles. The maximum absolute atomic E-state index is 2.46. The SMILES string of the molecule is CCCCC=CCCCCCCC(C)CCCCCCCC. The Morgan fingerprint density at radius 2 is 1.00 bits per heavy atom. The van der Waals surface area contributed by atoms with Crippen molar-refractivity contribution in [3.05, 3.63) is 12.2 Å². The smallest absolute Gasteiger partial charge is 0.0351 e. The van der Waals surface area contributed by atoms with Crippen molar-refractivity contribution in [1.82, 2.24) is 0 Å². The number of allylic oxidation sites excluding steroid dienone is 2. The van der Waals surface area contributed by atoms with Gasteiger partial charge in [0, 0.05) is 0 Å². The normalized spacial score (nSPS) is 13.0.